The number of nitrogens with one attached hydrogen (secondary N) is 1. The zero-order valence-electron chi connectivity index (χ0n) is 8.97. The summed E-state index contributed by atoms with van der Waals surface area (Å²) in [6.07, 6.45) is 3.60. The van der Waals surface area contributed by atoms with Crippen LogP contribution in [0.4, 0.5) is 0 Å². The summed E-state index contributed by atoms with van der Waals surface area (Å²) < 4.78 is 0. The molecule has 1 aromatic rings. The highest BCUT2D eigenvalue weighted by atomic mass is 16.2. The molecule has 0 aliphatic rings. The highest BCUT2D eigenvalue weighted by Gasteiger charge is 2.11. The normalized spacial score (nSPS) is 12.5. The third-order valence-corrected chi connectivity index (χ3v) is 1.87. The molecule has 0 aliphatic heterocycles. The summed E-state index contributed by atoms with van der Waals surface area (Å²) in [6.45, 7) is 0. The van der Waals surface area contributed by atoms with Gasteiger partial charge < -0.3 is 5.73 Å². The summed E-state index contributed by atoms with van der Waals surface area (Å²) in [7, 11) is 3.51. The average molecular weight is 208 g/mol. The molecule has 5 heteroatoms. The fourth-order valence-corrected chi connectivity index (χ4v) is 1.21. The van der Waals surface area contributed by atoms with E-state index in [1.807, 2.05) is 6.07 Å². The van der Waals surface area contributed by atoms with Crippen LogP contribution in [0.3, 0.4) is 0 Å². The van der Waals surface area contributed by atoms with Gasteiger partial charge in [0.15, 0.2) is 0 Å². The molecule has 0 fully saturated rings. The van der Waals surface area contributed by atoms with E-state index in [4.69, 9.17) is 5.73 Å². The van der Waals surface area contributed by atoms with Crippen LogP contribution in [0, 0.1) is 0 Å². The van der Waals surface area contributed by atoms with Crippen molar-refractivity contribution in [2.24, 2.45) is 5.73 Å². The molecular weight excluding hydrogens is 192 g/mol. The van der Waals surface area contributed by atoms with E-state index in [-0.39, 0.29) is 18.4 Å². The molecule has 0 radical (unpaired) electrons. The van der Waals surface area contributed by atoms with Gasteiger partial charge in [-0.05, 0) is 11.6 Å². The predicted octanol–water partition coefficient (Wildman–Crippen LogP) is 0.0643. The van der Waals surface area contributed by atoms with Crippen LogP contribution in [0.1, 0.15) is 18.0 Å². The SMILES string of the molecule is CN(C)NC(=O)CC(N)c1cccnc1. The number of nitrogens with two attached hydrogens (primary N) is 1. The second kappa shape index (κ2) is 5.43. The molecule has 0 saturated heterocycles. The van der Waals surface area contributed by atoms with Crippen molar-refractivity contribution in [3.63, 3.8) is 0 Å². The molecule has 1 aromatic heterocycles. The molecule has 1 atom stereocenters. The van der Waals surface area contributed by atoms with Gasteiger partial charge in [0, 0.05) is 39.0 Å². The van der Waals surface area contributed by atoms with Crippen molar-refractivity contribution in [1.82, 2.24) is 15.4 Å². The lowest BCUT2D eigenvalue weighted by molar-refractivity contribution is -0.125. The molecule has 82 valence electrons. The first kappa shape index (κ1) is 11.6. The topological polar surface area (TPSA) is 71.2 Å². The van der Waals surface area contributed by atoms with Crippen molar-refractivity contribution in [1.29, 1.82) is 0 Å². The van der Waals surface area contributed by atoms with Crippen molar-refractivity contribution in [3.05, 3.63) is 30.1 Å². The highest BCUT2D eigenvalue weighted by molar-refractivity contribution is 5.76. The first-order valence-electron chi connectivity index (χ1n) is 4.72. The first-order valence-corrected chi connectivity index (χ1v) is 4.72. The summed E-state index contributed by atoms with van der Waals surface area (Å²) in [5.74, 6) is -0.101. The number of aromatic nitrogens is 1. The Hall–Kier alpha value is -1.46. The second-order valence-corrected chi connectivity index (χ2v) is 3.53. The minimum absolute atomic E-state index is 0.101. The number of rotatable bonds is 4. The Kier molecular flexibility index (Phi) is 4.20. The van der Waals surface area contributed by atoms with Crippen molar-refractivity contribution in [2.45, 2.75) is 12.5 Å². The monoisotopic (exact) mass is 208 g/mol. The predicted molar refractivity (Wildman–Crippen MR) is 57.6 cm³/mol. The molecule has 1 amide bonds. The van der Waals surface area contributed by atoms with Gasteiger partial charge in [-0.15, -0.1) is 0 Å². The van der Waals surface area contributed by atoms with Crippen molar-refractivity contribution < 1.29 is 4.79 Å². The molecule has 0 spiro atoms. The second-order valence-electron chi connectivity index (χ2n) is 3.53. The van der Waals surface area contributed by atoms with Crippen LogP contribution in [0.2, 0.25) is 0 Å². The molecule has 1 unspecified atom stereocenters. The molecule has 0 bridgehead atoms. The van der Waals surface area contributed by atoms with Crippen LogP contribution in [0.15, 0.2) is 24.5 Å². The van der Waals surface area contributed by atoms with Crippen LogP contribution < -0.4 is 11.2 Å². The number of hydrogen-bond acceptors (Lipinski definition) is 4. The fourth-order valence-electron chi connectivity index (χ4n) is 1.21. The number of hydrazine groups is 1. The molecule has 5 nitrogen and oxygen atoms in total. The third-order valence-electron chi connectivity index (χ3n) is 1.87. The number of pyridine rings is 1. The summed E-state index contributed by atoms with van der Waals surface area (Å²) in [4.78, 5) is 15.3. The van der Waals surface area contributed by atoms with Gasteiger partial charge >= 0.3 is 0 Å². The average Bonchev–Trinajstić information content (AvgIpc) is 2.17. The Labute approximate surface area is 89.3 Å². The Morgan fingerprint density at radius 1 is 1.67 bits per heavy atom. The molecule has 15 heavy (non-hydrogen) atoms. The summed E-state index contributed by atoms with van der Waals surface area (Å²) in [5, 5.41) is 1.60. The minimum atomic E-state index is -0.307. The Balaban J connectivity index is 2.49. The lowest BCUT2D eigenvalue weighted by atomic mass is 10.1. The standard InChI is InChI=1S/C10H16N4O/c1-14(2)13-10(15)6-9(11)8-4-3-5-12-7-8/h3-5,7,9H,6,11H2,1-2H3,(H,13,15). The van der Waals surface area contributed by atoms with Gasteiger partial charge in [-0.3, -0.25) is 15.2 Å². The first-order chi connectivity index (χ1) is 7.09. The lowest BCUT2D eigenvalue weighted by Gasteiger charge is -2.15. The molecular formula is C10H16N4O. The van der Waals surface area contributed by atoms with Crippen LogP contribution in [-0.2, 0) is 4.79 Å². The molecule has 0 aliphatic carbocycles. The Morgan fingerprint density at radius 3 is 2.93 bits per heavy atom. The molecule has 1 rings (SSSR count). The summed E-state index contributed by atoms with van der Waals surface area (Å²) >= 11 is 0. The number of amides is 1. The molecule has 0 saturated carbocycles. The van der Waals surface area contributed by atoms with Gasteiger partial charge in [0.25, 0.3) is 0 Å². The third kappa shape index (κ3) is 4.05. The smallest absolute Gasteiger partial charge is 0.236 e. The van der Waals surface area contributed by atoms with Gasteiger partial charge in [-0.1, -0.05) is 6.07 Å². The van der Waals surface area contributed by atoms with E-state index in [9.17, 15) is 4.79 Å². The summed E-state index contributed by atoms with van der Waals surface area (Å²) in [5.41, 5.74) is 9.36. The van der Waals surface area contributed by atoms with E-state index in [0.29, 0.717) is 0 Å². The van der Waals surface area contributed by atoms with E-state index in [1.54, 1.807) is 37.6 Å². The van der Waals surface area contributed by atoms with Crippen LogP contribution in [0.25, 0.3) is 0 Å². The fraction of sp³-hybridized carbons (Fsp3) is 0.400. The molecule has 1 heterocycles. The maximum Gasteiger partial charge on any atom is 0.236 e. The van der Waals surface area contributed by atoms with Gasteiger partial charge in [0.2, 0.25) is 5.91 Å². The maximum absolute atomic E-state index is 11.4. The van der Waals surface area contributed by atoms with Gasteiger partial charge in [-0.2, -0.15) is 0 Å². The quantitative estimate of drug-likeness (QED) is 0.687. The number of carbonyl (C=O) groups excluding carboxylic acids is 1. The van der Waals surface area contributed by atoms with E-state index in [1.165, 1.54) is 0 Å². The molecule has 3 N–H and O–H groups in total. The largest absolute Gasteiger partial charge is 0.323 e. The van der Waals surface area contributed by atoms with Gasteiger partial charge in [0.1, 0.15) is 0 Å². The highest BCUT2D eigenvalue weighted by Crippen LogP contribution is 2.11. The number of carbonyl (C=O) groups is 1. The van der Waals surface area contributed by atoms with E-state index in [2.05, 4.69) is 10.4 Å². The van der Waals surface area contributed by atoms with Crippen LogP contribution in [0.5, 0.6) is 0 Å². The Morgan fingerprint density at radius 2 is 2.40 bits per heavy atom. The van der Waals surface area contributed by atoms with Crippen molar-refractivity contribution >= 4 is 5.91 Å². The van der Waals surface area contributed by atoms with Crippen molar-refractivity contribution in [3.8, 4) is 0 Å². The van der Waals surface area contributed by atoms with Crippen molar-refractivity contribution in [2.75, 3.05) is 14.1 Å². The zero-order chi connectivity index (χ0) is 11.3. The zero-order valence-corrected chi connectivity index (χ0v) is 8.97. The molecule has 0 aromatic carbocycles. The minimum Gasteiger partial charge on any atom is -0.323 e. The van der Waals surface area contributed by atoms with Gasteiger partial charge in [0.05, 0.1) is 0 Å². The van der Waals surface area contributed by atoms with Gasteiger partial charge in [-0.25, -0.2) is 5.01 Å². The van der Waals surface area contributed by atoms with E-state index >= 15 is 0 Å². The summed E-state index contributed by atoms with van der Waals surface area (Å²) in [6, 6.07) is 3.36. The van der Waals surface area contributed by atoms with Crippen LogP contribution in [-0.4, -0.2) is 30.0 Å². The van der Waals surface area contributed by atoms with E-state index < -0.39 is 0 Å². The van der Waals surface area contributed by atoms with E-state index in [0.717, 1.165) is 5.56 Å². The van der Waals surface area contributed by atoms with Crippen LogP contribution >= 0.6 is 0 Å². The maximum atomic E-state index is 11.4. The Bertz CT molecular complexity index is 312. The number of hydrogen-bond donors (Lipinski definition) is 2. The lowest BCUT2D eigenvalue weighted by Crippen LogP contribution is -2.37. The number of nitrogens with zero attached hydrogens (tertiary/aromatic N) is 2.